The predicted octanol–water partition coefficient (Wildman–Crippen LogP) is 2.01. The first-order chi connectivity index (χ1) is 10.0. The molecule has 0 spiro atoms. The molecule has 5 nitrogen and oxygen atoms in total. The summed E-state index contributed by atoms with van der Waals surface area (Å²) in [6.07, 6.45) is 3.28. The number of benzene rings is 1. The van der Waals surface area contributed by atoms with Crippen molar-refractivity contribution in [3.63, 3.8) is 0 Å². The molecule has 118 valence electrons. The summed E-state index contributed by atoms with van der Waals surface area (Å²) in [4.78, 5) is 0. The number of sulfonamides is 1. The summed E-state index contributed by atoms with van der Waals surface area (Å²) in [5.74, 6) is 0.114. The van der Waals surface area contributed by atoms with Gasteiger partial charge in [-0.15, -0.1) is 0 Å². The number of piperidine rings is 1. The molecule has 3 N–H and O–H groups in total. The fraction of sp³-hybridized carbons (Fsp3) is 0.600. The fourth-order valence-electron chi connectivity index (χ4n) is 2.63. The number of hydrogen-bond acceptors (Lipinski definition) is 4. The zero-order valence-electron chi connectivity index (χ0n) is 12.4. The second kappa shape index (κ2) is 7.24. The van der Waals surface area contributed by atoms with E-state index in [0.29, 0.717) is 12.1 Å². The van der Waals surface area contributed by atoms with E-state index in [9.17, 15) is 13.5 Å². The Morgan fingerprint density at radius 2 is 2.05 bits per heavy atom. The van der Waals surface area contributed by atoms with Crippen molar-refractivity contribution in [1.82, 2.24) is 5.32 Å². The molecule has 1 fully saturated rings. The normalized spacial score (nSPS) is 21.0. The molecule has 1 aromatic carbocycles. The minimum atomic E-state index is -3.26. The molecule has 0 aromatic heterocycles. The van der Waals surface area contributed by atoms with Crippen LogP contribution in [0.15, 0.2) is 24.3 Å². The molecule has 2 atom stereocenters. The Hall–Kier alpha value is -1.11. The lowest BCUT2D eigenvalue weighted by atomic mass is 9.95. The van der Waals surface area contributed by atoms with Gasteiger partial charge in [-0.3, -0.25) is 4.72 Å². The second-order valence-corrected chi connectivity index (χ2v) is 7.39. The Kier molecular flexibility index (Phi) is 5.61. The molecule has 21 heavy (non-hydrogen) atoms. The van der Waals surface area contributed by atoms with E-state index in [1.165, 1.54) is 0 Å². The van der Waals surface area contributed by atoms with Crippen LogP contribution in [-0.2, 0) is 10.0 Å². The molecule has 0 bridgehead atoms. The quantitative estimate of drug-likeness (QED) is 0.751. The molecule has 1 heterocycles. The van der Waals surface area contributed by atoms with E-state index in [1.807, 2.05) is 6.92 Å². The Bertz CT molecular complexity index is 537. The summed E-state index contributed by atoms with van der Waals surface area (Å²) >= 11 is 0. The van der Waals surface area contributed by atoms with Gasteiger partial charge in [0.25, 0.3) is 0 Å². The number of nitrogens with one attached hydrogen (secondary N) is 2. The van der Waals surface area contributed by atoms with E-state index in [-0.39, 0.29) is 11.8 Å². The highest BCUT2D eigenvalue weighted by Crippen LogP contribution is 2.24. The van der Waals surface area contributed by atoms with Crippen molar-refractivity contribution in [3.8, 4) is 0 Å². The van der Waals surface area contributed by atoms with Gasteiger partial charge in [0.05, 0.1) is 11.9 Å². The number of rotatable bonds is 6. The third-order valence-electron chi connectivity index (χ3n) is 3.73. The van der Waals surface area contributed by atoms with Gasteiger partial charge >= 0.3 is 0 Å². The molecule has 0 amide bonds. The van der Waals surface area contributed by atoms with E-state index in [1.54, 1.807) is 24.3 Å². The van der Waals surface area contributed by atoms with Gasteiger partial charge in [-0.2, -0.15) is 0 Å². The number of aliphatic hydroxyl groups is 1. The van der Waals surface area contributed by atoms with Gasteiger partial charge in [0.15, 0.2) is 0 Å². The van der Waals surface area contributed by atoms with E-state index in [0.717, 1.165) is 31.4 Å². The molecule has 1 saturated heterocycles. The second-order valence-electron chi connectivity index (χ2n) is 5.54. The maximum absolute atomic E-state index is 11.7. The molecule has 6 heteroatoms. The van der Waals surface area contributed by atoms with E-state index in [2.05, 4.69) is 10.0 Å². The van der Waals surface area contributed by atoms with Crippen LogP contribution < -0.4 is 10.0 Å². The SMILES string of the molecule is CCCS(=O)(=O)Nc1ccc(C(O)C2CCCCN2)cc1. The van der Waals surface area contributed by atoms with Crippen molar-refractivity contribution in [2.24, 2.45) is 0 Å². The van der Waals surface area contributed by atoms with Crippen LogP contribution in [0.25, 0.3) is 0 Å². The lowest BCUT2D eigenvalue weighted by molar-refractivity contribution is 0.114. The summed E-state index contributed by atoms with van der Waals surface area (Å²) in [6, 6.07) is 7.06. The molecule has 2 rings (SSSR count). The van der Waals surface area contributed by atoms with Gasteiger partial charge in [-0.25, -0.2) is 8.42 Å². The Balaban J connectivity index is 2.01. The highest BCUT2D eigenvalue weighted by molar-refractivity contribution is 7.92. The van der Waals surface area contributed by atoms with Gasteiger partial charge < -0.3 is 10.4 Å². The summed E-state index contributed by atoms with van der Waals surface area (Å²) in [6.45, 7) is 2.77. The van der Waals surface area contributed by atoms with Crippen LogP contribution in [-0.4, -0.2) is 31.9 Å². The first kappa shape index (κ1) is 16.3. The van der Waals surface area contributed by atoms with Crippen molar-refractivity contribution in [1.29, 1.82) is 0 Å². The Labute approximate surface area is 126 Å². The van der Waals surface area contributed by atoms with Crippen molar-refractivity contribution in [3.05, 3.63) is 29.8 Å². The maximum Gasteiger partial charge on any atom is 0.232 e. The van der Waals surface area contributed by atoms with Gasteiger partial charge in [-0.1, -0.05) is 25.5 Å². The average Bonchev–Trinajstić information content (AvgIpc) is 2.48. The Morgan fingerprint density at radius 3 is 2.62 bits per heavy atom. The fourth-order valence-corrected chi connectivity index (χ4v) is 3.76. The topological polar surface area (TPSA) is 78.4 Å². The summed E-state index contributed by atoms with van der Waals surface area (Å²) in [5.41, 5.74) is 1.35. The van der Waals surface area contributed by atoms with Crippen molar-refractivity contribution < 1.29 is 13.5 Å². The van der Waals surface area contributed by atoms with Gasteiger partial charge in [0, 0.05) is 11.7 Å². The zero-order chi connectivity index (χ0) is 15.3. The maximum atomic E-state index is 11.7. The van der Waals surface area contributed by atoms with Crippen molar-refractivity contribution >= 4 is 15.7 Å². The van der Waals surface area contributed by atoms with Crippen LogP contribution in [0.5, 0.6) is 0 Å². The van der Waals surface area contributed by atoms with E-state index < -0.39 is 16.1 Å². The minimum Gasteiger partial charge on any atom is -0.387 e. The molecular formula is C15H24N2O3S. The lowest BCUT2D eigenvalue weighted by Crippen LogP contribution is -2.38. The highest BCUT2D eigenvalue weighted by atomic mass is 32.2. The van der Waals surface area contributed by atoms with Gasteiger partial charge in [0.1, 0.15) is 0 Å². The standard InChI is InChI=1S/C15H24N2O3S/c1-2-11-21(19,20)17-13-8-6-12(7-9-13)15(18)14-5-3-4-10-16-14/h6-9,14-18H,2-5,10-11H2,1H3. The van der Waals surface area contributed by atoms with Crippen LogP contribution in [0.3, 0.4) is 0 Å². The number of hydrogen-bond donors (Lipinski definition) is 3. The van der Waals surface area contributed by atoms with Crippen molar-refractivity contribution in [2.75, 3.05) is 17.0 Å². The van der Waals surface area contributed by atoms with Crippen LogP contribution in [0, 0.1) is 0 Å². The molecule has 0 aliphatic carbocycles. The monoisotopic (exact) mass is 312 g/mol. The van der Waals surface area contributed by atoms with Crippen LogP contribution in [0.1, 0.15) is 44.3 Å². The molecule has 0 saturated carbocycles. The van der Waals surface area contributed by atoms with Crippen molar-refractivity contribution in [2.45, 2.75) is 44.8 Å². The van der Waals surface area contributed by atoms with Crippen LogP contribution in [0.2, 0.25) is 0 Å². The number of aliphatic hydroxyl groups excluding tert-OH is 1. The summed E-state index contributed by atoms with van der Waals surface area (Å²) in [7, 11) is -3.26. The van der Waals surface area contributed by atoms with E-state index >= 15 is 0 Å². The number of anilines is 1. The predicted molar refractivity (Wildman–Crippen MR) is 84.7 cm³/mol. The third-order valence-corrected chi connectivity index (χ3v) is 5.22. The molecule has 1 aliphatic heterocycles. The largest absolute Gasteiger partial charge is 0.387 e. The summed E-state index contributed by atoms with van der Waals surface area (Å²) in [5, 5.41) is 13.7. The first-order valence-electron chi connectivity index (χ1n) is 7.54. The molecule has 1 aromatic rings. The van der Waals surface area contributed by atoms with Crippen LogP contribution >= 0.6 is 0 Å². The van der Waals surface area contributed by atoms with E-state index in [4.69, 9.17) is 0 Å². The molecule has 2 unspecified atom stereocenters. The molecular weight excluding hydrogens is 288 g/mol. The van der Waals surface area contributed by atoms with Crippen LogP contribution in [0.4, 0.5) is 5.69 Å². The highest BCUT2D eigenvalue weighted by Gasteiger charge is 2.22. The van der Waals surface area contributed by atoms with Gasteiger partial charge in [-0.05, 0) is 43.5 Å². The average molecular weight is 312 g/mol. The Morgan fingerprint density at radius 1 is 1.33 bits per heavy atom. The van der Waals surface area contributed by atoms with Gasteiger partial charge in [0.2, 0.25) is 10.0 Å². The molecule has 0 radical (unpaired) electrons. The summed E-state index contributed by atoms with van der Waals surface area (Å²) < 4.78 is 25.9. The minimum absolute atomic E-state index is 0.0846. The third kappa shape index (κ3) is 4.69. The smallest absolute Gasteiger partial charge is 0.232 e. The first-order valence-corrected chi connectivity index (χ1v) is 9.19. The lowest BCUT2D eigenvalue weighted by Gasteiger charge is -2.28. The molecule has 1 aliphatic rings. The zero-order valence-corrected chi connectivity index (χ0v) is 13.2.